The van der Waals surface area contributed by atoms with Gasteiger partial charge in [-0.15, -0.1) is 0 Å². The van der Waals surface area contributed by atoms with Crippen molar-refractivity contribution in [3.8, 4) is 0 Å². The molecule has 3 heterocycles. The maximum Gasteiger partial charge on any atom is 0.258 e. The Kier molecular flexibility index (Phi) is 7.07. The first kappa shape index (κ1) is 23.6. The van der Waals surface area contributed by atoms with Gasteiger partial charge in [-0.25, -0.2) is 4.98 Å². The number of piperidine rings is 1. The average molecular weight is 461 g/mol. The molecular formula is C26H32N6O2. The van der Waals surface area contributed by atoms with Crippen LogP contribution in [0.1, 0.15) is 40.5 Å². The topological polar surface area (TPSA) is 83.4 Å². The Morgan fingerprint density at radius 1 is 1.24 bits per heavy atom. The highest BCUT2D eigenvalue weighted by molar-refractivity contribution is 6.04. The normalized spacial score (nSPS) is 16.5. The molecule has 4 rings (SSSR count). The van der Waals surface area contributed by atoms with Crippen LogP contribution >= 0.6 is 0 Å². The van der Waals surface area contributed by atoms with Gasteiger partial charge >= 0.3 is 0 Å². The fourth-order valence-corrected chi connectivity index (χ4v) is 4.46. The molecule has 34 heavy (non-hydrogen) atoms. The van der Waals surface area contributed by atoms with Crippen LogP contribution in [0.5, 0.6) is 0 Å². The molecule has 0 aliphatic carbocycles. The van der Waals surface area contributed by atoms with E-state index in [1.165, 1.54) is 0 Å². The third kappa shape index (κ3) is 5.17. The fraction of sp³-hybridized carbons (Fsp3) is 0.385. The summed E-state index contributed by atoms with van der Waals surface area (Å²) in [6.45, 7) is 5.93. The lowest BCUT2D eigenvalue weighted by Crippen LogP contribution is -2.40. The molecule has 0 saturated carbocycles. The summed E-state index contributed by atoms with van der Waals surface area (Å²) in [4.78, 5) is 38.7. The smallest absolute Gasteiger partial charge is 0.258 e. The Hall–Kier alpha value is -3.52. The van der Waals surface area contributed by atoms with E-state index in [9.17, 15) is 9.59 Å². The standard InChI is InChI=1S/C26H32N6O2/c1-18-8-5-10-22-24(18)32(26(28-22)29-25(34)20-12-13-27-19(2)16-20)21-9-6-15-31(17-21)23(33)11-7-14-30(3)4/h5,7-8,10-13,16,21H,6,9,14-15,17H2,1-4H3,(H,28,29,34)/t21-/m1/s1. The number of carbonyl (C=O) groups excluding carboxylic acids is 2. The van der Waals surface area contributed by atoms with Gasteiger partial charge in [0, 0.05) is 43.2 Å². The zero-order valence-electron chi connectivity index (χ0n) is 20.3. The lowest BCUT2D eigenvalue weighted by molar-refractivity contribution is -0.127. The van der Waals surface area contributed by atoms with Gasteiger partial charge < -0.3 is 14.4 Å². The lowest BCUT2D eigenvalue weighted by Gasteiger charge is -2.34. The van der Waals surface area contributed by atoms with Gasteiger partial charge in [0.05, 0.1) is 17.1 Å². The van der Waals surface area contributed by atoms with Crippen LogP contribution in [0.4, 0.5) is 5.95 Å². The lowest BCUT2D eigenvalue weighted by atomic mass is 10.0. The van der Waals surface area contributed by atoms with Gasteiger partial charge in [0.25, 0.3) is 5.91 Å². The van der Waals surface area contributed by atoms with E-state index >= 15 is 0 Å². The summed E-state index contributed by atoms with van der Waals surface area (Å²) in [5, 5.41) is 3.02. The van der Waals surface area contributed by atoms with Gasteiger partial charge in [-0.05, 0) is 64.5 Å². The second-order valence-electron chi connectivity index (χ2n) is 9.13. The first-order valence-corrected chi connectivity index (χ1v) is 11.6. The van der Waals surface area contributed by atoms with E-state index in [0.717, 1.165) is 48.2 Å². The second-order valence-corrected chi connectivity index (χ2v) is 9.13. The minimum atomic E-state index is -0.227. The Bertz CT molecular complexity index is 1230. The van der Waals surface area contributed by atoms with Crippen LogP contribution in [0.2, 0.25) is 0 Å². The average Bonchev–Trinajstić information content (AvgIpc) is 3.18. The van der Waals surface area contributed by atoms with Crippen molar-refractivity contribution in [3.05, 3.63) is 65.5 Å². The number of nitrogens with one attached hydrogen (secondary N) is 1. The van der Waals surface area contributed by atoms with Gasteiger partial charge in [-0.1, -0.05) is 18.2 Å². The highest BCUT2D eigenvalue weighted by Gasteiger charge is 2.28. The van der Waals surface area contributed by atoms with Crippen molar-refractivity contribution in [3.63, 3.8) is 0 Å². The third-order valence-corrected chi connectivity index (χ3v) is 6.10. The molecule has 1 N–H and O–H groups in total. The van der Waals surface area contributed by atoms with Crippen LogP contribution in [0.3, 0.4) is 0 Å². The number of benzene rings is 1. The highest BCUT2D eigenvalue weighted by atomic mass is 16.2. The van der Waals surface area contributed by atoms with E-state index in [0.29, 0.717) is 18.1 Å². The molecule has 2 aromatic heterocycles. The predicted molar refractivity (Wildman–Crippen MR) is 134 cm³/mol. The largest absolute Gasteiger partial charge is 0.337 e. The van der Waals surface area contributed by atoms with E-state index < -0.39 is 0 Å². The van der Waals surface area contributed by atoms with Crippen LogP contribution in [0.15, 0.2) is 48.7 Å². The number of aryl methyl sites for hydroxylation is 2. The zero-order valence-corrected chi connectivity index (χ0v) is 20.3. The molecule has 0 unspecified atom stereocenters. The summed E-state index contributed by atoms with van der Waals surface area (Å²) in [5.41, 5.74) is 4.22. The number of fused-ring (bicyclic) bond motifs is 1. The summed E-state index contributed by atoms with van der Waals surface area (Å²) >= 11 is 0. The van der Waals surface area contributed by atoms with E-state index in [-0.39, 0.29) is 17.9 Å². The number of likely N-dealkylation sites (tertiary alicyclic amines) is 1. The zero-order chi connectivity index (χ0) is 24.2. The molecule has 0 spiro atoms. The maximum absolute atomic E-state index is 13.0. The Balaban J connectivity index is 1.65. The van der Waals surface area contributed by atoms with Crippen molar-refractivity contribution in [2.45, 2.75) is 32.7 Å². The van der Waals surface area contributed by atoms with E-state index in [2.05, 4.69) is 14.9 Å². The van der Waals surface area contributed by atoms with Crippen molar-refractivity contribution in [1.82, 2.24) is 24.3 Å². The van der Waals surface area contributed by atoms with Gasteiger partial charge in [-0.2, -0.15) is 0 Å². The van der Waals surface area contributed by atoms with Crippen LogP contribution in [-0.2, 0) is 4.79 Å². The Morgan fingerprint density at radius 3 is 2.82 bits per heavy atom. The Labute approximate surface area is 200 Å². The number of rotatable bonds is 6. The number of amides is 2. The number of hydrogen-bond donors (Lipinski definition) is 1. The van der Waals surface area contributed by atoms with Crippen molar-refractivity contribution in [2.24, 2.45) is 0 Å². The molecule has 1 saturated heterocycles. The molecule has 2 amide bonds. The molecule has 8 heteroatoms. The van der Waals surface area contributed by atoms with Crippen LogP contribution in [-0.4, -0.2) is 69.9 Å². The maximum atomic E-state index is 13.0. The summed E-state index contributed by atoms with van der Waals surface area (Å²) in [6, 6.07) is 9.45. The quantitative estimate of drug-likeness (QED) is 0.569. The summed E-state index contributed by atoms with van der Waals surface area (Å²) in [6.07, 6.45) is 6.98. The number of anilines is 1. The van der Waals surface area contributed by atoms with Crippen LogP contribution in [0.25, 0.3) is 11.0 Å². The second kappa shape index (κ2) is 10.2. The van der Waals surface area contributed by atoms with Crippen molar-refractivity contribution in [2.75, 3.05) is 39.0 Å². The van der Waals surface area contributed by atoms with Crippen molar-refractivity contribution >= 4 is 28.8 Å². The summed E-state index contributed by atoms with van der Waals surface area (Å²) < 4.78 is 2.11. The number of hydrogen-bond acceptors (Lipinski definition) is 5. The SMILES string of the molecule is Cc1cc(C(=O)Nc2nc3cccc(C)c3n2[C@@H]2CCCN(C(=O)C=CCN(C)C)C2)ccn1. The Morgan fingerprint density at radius 2 is 2.06 bits per heavy atom. The van der Waals surface area contributed by atoms with E-state index in [1.807, 2.05) is 62.0 Å². The molecule has 1 fully saturated rings. The molecule has 1 aliphatic rings. The van der Waals surface area contributed by atoms with Gasteiger partial charge in [-0.3, -0.25) is 19.9 Å². The fourth-order valence-electron chi connectivity index (χ4n) is 4.46. The van der Waals surface area contributed by atoms with Crippen molar-refractivity contribution < 1.29 is 9.59 Å². The van der Waals surface area contributed by atoms with Crippen LogP contribution in [0, 0.1) is 13.8 Å². The summed E-state index contributed by atoms with van der Waals surface area (Å²) in [7, 11) is 3.95. The minimum Gasteiger partial charge on any atom is -0.337 e. The highest BCUT2D eigenvalue weighted by Crippen LogP contribution is 2.32. The number of pyridine rings is 1. The molecule has 0 bridgehead atoms. The monoisotopic (exact) mass is 460 g/mol. The molecule has 1 aromatic carbocycles. The van der Waals surface area contributed by atoms with E-state index in [1.54, 1.807) is 24.4 Å². The molecule has 178 valence electrons. The van der Waals surface area contributed by atoms with Crippen molar-refractivity contribution in [1.29, 1.82) is 0 Å². The van der Waals surface area contributed by atoms with Gasteiger partial charge in [0.1, 0.15) is 0 Å². The molecule has 1 aliphatic heterocycles. The third-order valence-electron chi connectivity index (χ3n) is 6.10. The van der Waals surface area contributed by atoms with Gasteiger partial charge in [0.2, 0.25) is 11.9 Å². The molecule has 3 aromatic rings. The van der Waals surface area contributed by atoms with E-state index in [4.69, 9.17) is 4.98 Å². The molecular weight excluding hydrogens is 428 g/mol. The number of nitrogens with zero attached hydrogens (tertiary/aromatic N) is 5. The number of carbonyl (C=O) groups is 2. The van der Waals surface area contributed by atoms with Gasteiger partial charge in [0.15, 0.2) is 0 Å². The first-order chi connectivity index (χ1) is 16.3. The number of likely N-dealkylation sites (N-methyl/N-ethyl adjacent to an activating group) is 1. The number of aromatic nitrogens is 3. The predicted octanol–water partition coefficient (Wildman–Crippen LogP) is 3.58. The molecule has 0 radical (unpaired) electrons. The molecule has 8 nitrogen and oxygen atoms in total. The number of imidazole rings is 1. The molecule has 1 atom stereocenters. The van der Waals surface area contributed by atoms with Crippen LogP contribution < -0.4 is 5.32 Å². The summed E-state index contributed by atoms with van der Waals surface area (Å²) in [5.74, 6) is 0.298. The first-order valence-electron chi connectivity index (χ1n) is 11.6. The minimum absolute atomic E-state index is 0.0144. The number of para-hydroxylation sites is 1.